The van der Waals surface area contributed by atoms with Crippen molar-refractivity contribution in [3.05, 3.63) is 179 Å². The van der Waals surface area contributed by atoms with Gasteiger partial charge in [0.05, 0.1) is 22.8 Å². The number of rotatable bonds is 14. The maximum atomic E-state index is 13.9. The van der Waals surface area contributed by atoms with Gasteiger partial charge in [0.1, 0.15) is 0 Å². The zero-order valence-electron chi connectivity index (χ0n) is 30.1. The van der Waals surface area contributed by atoms with Crippen molar-refractivity contribution in [3.63, 3.8) is 0 Å². The summed E-state index contributed by atoms with van der Waals surface area (Å²) >= 11 is 0. The van der Waals surface area contributed by atoms with Crippen LogP contribution in [0, 0.1) is 0 Å². The summed E-state index contributed by atoms with van der Waals surface area (Å²) < 4.78 is 0. The van der Waals surface area contributed by atoms with Crippen molar-refractivity contribution < 1.29 is 4.79 Å². The average molecular weight is 698 g/mol. The molecule has 8 nitrogen and oxygen atoms in total. The van der Waals surface area contributed by atoms with Crippen LogP contribution in [0.4, 0.5) is 0 Å². The van der Waals surface area contributed by atoms with Gasteiger partial charge in [0, 0.05) is 82.7 Å². The number of nitrogens with zero attached hydrogens (tertiary/aromatic N) is 7. The van der Waals surface area contributed by atoms with Gasteiger partial charge >= 0.3 is 0 Å². The molecule has 0 N–H and O–H groups in total. The fraction of sp³-hybridized carbons (Fsp3) is 0.222. The molecule has 0 bridgehead atoms. The molecule has 4 aromatic heterocycles. The molecule has 0 aliphatic carbocycles. The van der Waals surface area contributed by atoms with E-state index in [4.69, 9.17) is 19.9 Å². The lowest BCUT2D eigenvalue weighted by Gasteiger charge is -2.27. The first-order valence-corrected chi connectivity index (χ1v) is 18.5. The number of hydrogen-bond acceptors (Lipinski definition) is 7. The first kappa shape index (κ1) is 34.3. The molecule has 1 amide bonds. The van der Waals surface area contributed by atoms with E-state index in [1.54, 1.807) is 0 Å². The molecular formula is C45H43N7O. The van der Waals surface area contributed by atoms with E-state index in [0.29, 0.717) is 45.8 Å². The molecule has 0 spiro atoms. The van der Waals surface area contributed by atoms with Crippen molar-refractivity contribution in [2.45, 2.75) is 59.2 Å². The van der Waals surface area contributed by atoms with Crippen LogP contribution in [0.15, 0.2) is 134 Å². The lowest BCUT2D eigenvalue weighted by atomic mass is 9.88. The number of carbonyl (C=O) groups is 1. The summed E-state index contributed by atoms with van der Waals surface area (Å²) in [5.41, 5.74) is 8.38. The third-order valence-corrected chi connectivity index (χ3v) is 10.1. The molecule has 7 aromatic rings. The number of amides is 1. The Labute approximate surface area is 310 Å². The quantitative estimate of drug-likeness (QED) is 0.106. The minimum absolute atomic E-state index is 0.121. The number of fused-ring (bicyclic) bond motifs is 3. The molecule has 1 aliphatic rings. The minimum Gasteiger partial charge on any atom is -0.334 e. The Hall–Kier alpha value is -5.83. The zero-order valence-corrected chi connectivity index (χ0v) is 30.1. The minimum atomic E-state index is 0.121. The lowest BCUT2D eigenvalue weighted by Crippen LogP contribution is -2.25. The molecule has 53 heavy (non-hydrogen) atoms. The van der Waals surface area contributed by atoms with Crippen LogP contribution >= 0.6 is 0 Å². The summed E-state index contributed by atoms with van der Waals surface area (Å²) in [6.45, 7) is 7.51. The van der Waals surface area contributed by atoms with E-state index in [-0.39, 0.29) is 5.91 Å². The van der Waals surface area contributed by atoms with Crippen molar-refractivity contribution in [1.82, 2.24) is 34.6 Å². The zero-order chi connectivity index (χ0) is 36.0. The predicted molar refractivity (Wildman–Crippen MR) is 209 cm³/mol. The van der Waals surface area contributed by atoms with E-state index in [0.717, 1.165) is 52.3 Å². The lowest BCUT2D eigenvalue weighted by molar-refractivity contribution is 0.0778. The van der Waals surface area contributed by atoms with E-state index in [1.807, 2.05) is 78.2 Å². The van der Waals surface area contributed by atoms with Gasteiger partial charge in [0.25, 0.3) is 5.91 Å². The first-order chi connectivity index (χ1) is 26.1. The molecule has 1 aliphatic heterocycles. The van der Waals surface area contributed by atoms with Crippen molar-refractivity contribution in [3.8, 4) is 0 Å². The van der Waals surface area contributed by atoms with Crippen LogP contribution in [0.5, 0.6) is 0 Å². The van der Waals surface area contributed by atoms with Gasteiger partial charge in [-0.1, -0.05) is 55.5 Å². The van der Waals surface area contributed by atoms with Gasteiger partial charge in [-0.25, -0.2) is 0 Å². The topological polar surface area (TPSA) is 78.4 Å². The van der Waals surface area contributed by atoms with Crippen LogP contribution in [-0.2, 0) is 45.8 Å². The molecule has 3 aromatic carbocycles. The number of benzene rings is 3. The Kier molecular flexibility index (Phi) is 10.2. The molecule has 0 fully saturated rings. The van der Waals surface area contributed by atoms with Gasteiger partial charge in [-0.3, -0.25) is 34.5 Å². The van der Waals surface area contributed by atoms with Crippen LogP contribution in [-0.4, -0.2) is 47.1 Å². The summed E-state index contributed by atoms with van der Waals surface area (Å²) in [5, 5.41) is 4.71. The highest BCUT2D eigenvalue weighted by Crippen LogP contribution is 2.39. The number of aromatic nitrogens is 4. The summed E-state index contributed by atoms with van der Waals surface area (Å²) in [6.07, 6.45) is 8.35. The van der Waals surface area contributed by atoms with Crippen molar-refractivity contribution in [2.75, 3.05) is 6.54 Å². The van der Waals surface area contributed by atoms with Crippen molar-refractivity contribution in [2.24, 2.45) is 0 Å². The normalized spacial score (nSPS) is 12.7. The van der Waals surface area contributed by atoms with Gasteiger partial charge in [-0.2, -0.15) is 0 Å². The average Bonchev–Trinajstić information content (AvgIpc) is 3.50. The Balaban J connectivity index is 1.29. The van der Waals surface area contributed by atoms with Crippen LogP contribution in [0.1, 0.15) is 63.2 Å². The standard InChI is InChI=1S/C45H43N7O/c1-2-23-52-26-33-24-41-42(25-40(33)45(52)53)44(32-51(29-36-15-7-11-21-48-36)30-37-16-8-12-22-49-37)39-18-4-3-17-38(39)43(41)31-50(27-34-13-5-9-19-46-34)28-35-14-6-10-20-47-35/h3-22,24-25H,2,23,26-32H2,1H3. The van der Waals surface area contributed by atoms with E-state index in [2.05, 4.69) is 77.4 Å². The van der Waals surface area contributed by atoms with Gasteiger partial charge in [0.2, 0.25) is 0 Å². The second-order valence-corrected chi connectivity index (χ2v) is 13.9. The highest BCUT2D eigenvalue weighted by molar-refractivity contribution is 6.10. The van der Waals surface area contributed by atoms with Gasteiger partial charge in [-0.15, -0.1) is 0 Å². The molecule has 5 heterocycles. The van der Waals surface area contributed by atoms with Crippen LogP contribution in [0.3, 0.4) is 0 Å². The molecule has 0 unspecified atom stereocenters. The third kappa shape index (κ3) is 7.70. The largest absolute Gasteiger partial charge is 0.334 e. The van der Waals surface area contributed by atoms with Crippen LogP contribution < -0.4 is 0 Å². The molecule has 0 atom stereocenters. The SMILES string of the molecule is CCCN1Cc2cc3c(CN(Cc4ccccn4)Cc4ccccn4)c4ccccc4c(CN(Cc4ccccn4)Cc4ccccn4)c3cc2C1=O. The van der Waals surface area contributed by atoms with Crippen molar-refractivity contribution >= 4 is 27.5 Å². The Morgan fingerprint density at radius 3 is 1.34 bits per heavy atom. The maximum absolute atomic E-state index is 13.9. The van der Waals surface area contributed by atoms with E-state index in [1.165, 1.54) is 27.3 Å². The number of carbonyl (C=O) groups excluding carboxylic acids is 1. The highest BCUT2D eigenvalue weighted by Gasteiger charge is 2.29. The molecule has 0 radical (unpaired) electrons. The Bertz CT molecular complexity index is 2240. The van der Waals surface area contributed by atoms with Gasteiger partial charge in [0.15, 0.2) is 0 Å². The Morgan fingerprint density at radius 1 is 0.528 bits per heavy atom. The molecular weight excluding hydrogens is 655 g/mol. The van der Waals surface area contributed by atoms with Gasteiger partial charge in [-0.05, 0) is 105 Å². The second kappa shape index (κ2) is 15.8. The fourth-order valence-corrected chi connectivity index (χ4v) is 7.68. The molecule has 264 valence electrons. The summed E-state index contributed by atoms with van der Waals surface area (Å²) in [6, 6.07) is 37.6. The monoisotopic (exact) mass is 697 g/mol. The molecule has 8 rings (SSSR count). The maximum Gasteiger partial charge on any atom is 0.254 e. The first-order valence-electron chi connectivity index (χ1n) is 18.5. The second-order valence-electron chi connectivity index (χ2n) is 13.9. The number of pyridine rings is 4. The predicted octanol–water partition coefficient (Wildman–Crippen LogP) is 8.34. The van der Waals surface area contributed by atoms with E-state index >= 15 is 0 Å². The fourth-order valence-electron chi connectivity index (χ4n) is 7.68. The molecule has 8 heteroatoms. The van der Waals surface area contributed by atoms with Crippen LogP contribution in [0.25, 0.3) is 21.5 Å². The molecule has 0 saturated heterocycles. The van der Waals surface area contributed by atoms with E-state index in [9.17, 15) is 4.79 Å². The third-order valence-electron chi connectivity index (χ3n) is 10.1. The van der Waals surface area contributed by atoms with E-state index < -0.39 is 0 Å². The van der Waals surface area contributed by atoms with Crippen LogP contribution in [0.2, 0.25) is 0 Å². The Morgan fingerprint density at radius 2 is 0.943 bits per heavy atom. The molecule has 0 saturated carbocycles. The summed E-state index contributed by atoms with van der Waals surface area (Å²) in [5.74, 6) is 0.121. The number of hydrogen-bond donors (Lipinski definition) is 0. The van der Waals surface area contributed by atoms with Gasteiger partial charge < -0.3 is 4.90 Å². The smallest absolute Gasteiger partial charge is 0.254 e. The highest BCUT2D eigenvalue weighted by atomic mass is 16.2. The van der Waals surface area contributed by atoms with Crippen molar-refractivity contribution in [1.29, 1.82) is 0 Å². The summed E-state index contributed by atoms with van der Waals surface area (Å²) in [7, 11) is 0. The summed E-state index contributed by atoms with van der Waals surface area (Å²) in [4.78, 5) is 39.5.